The number of rotatable bonds is 2. The minimum Gasteiger partial charge on any atom is -0.507 e. The van der Waals surface area contributed by atoms with Gasteiger partial charge >= 0.3 is 12.1 Å². The maximum Gasteiger partial charge on any atom is 0.417 e. The Morgan fingerprint density at radius 1 is 1.50 bits per heavy atom. The van der Waals surface area contributed by atoms with Crippen molar-refractivity contribution in [1.29, 1.82) is 5.26 Å². The molecule has 0 spiro atoms. The van der Waals surface area contributed by atoms with Crippen LogP contribution in [0.4, 0.5) is 13.2 Å². The number of nitriles is 1. The maximum absolute atomic E-state index is 12.7. The molecule has 1 rings (SSSR count). The molecule has 0 heterocycles. The number of carbonyl (C=O) groups excluding carboxylic acids is 1. The molecule has 0 aliphatic carbocycles. The topological polar surface area (TPSA) is 70.3 Å². The summed E-state index contributed by atoms with van der Waals surface area (Å²) in [5.41, 5.74) is -2.77. The fraction of sp³-hybridized carbons (Fsp3) is 0.273. The van der Waals surface area contributed by atoms with Crippen LogP contribution in [0.15, 0.2) is 12.1 Å². The van der Waals surface area contributed by atoms with Gasteiger partial charge in [-0.15, -0.1) is 0 Å². The summed E-state index contributed by atoms with van der Waals surface area (Å²) in [6, 6.07) is 2.74. The van der Waals surface area contributed by atoms with Gasteiger partial charge in [-0.2, -0.15) is 18.4 Å². The standard InChI is InChI=1S/C11H8F3NO3/c1-2-18-10(17)9-7(11(12,13)14)3-6(5-15)4-8(9)16/h3-4,16H,2H2,1H3. The van der Waals surface area contributed by atoms with Gasteiger partial charge in [0.05, 0.1) is 23.8 Å². The van der Waals surface area contributed by atoms with Gasteiger partial charge in [0.1, 0.15) is 11.3 Å². The minimum absolute atomic E-state index is 0.129. The number of carbonyl (C=O) groups is 1. The van der Waals surface area contributed by atoms with Crippen molar-refractivity contribution in [3.63, 3.8) is 0 Å². The van der Waals surface area contributed by atoms with Crippen molar-refractivity contribution >= 4 is 5.97 Å². The third kappa shape index (κ3) is 2.71. The lowest BCUT2D eigenvalue weighted by atomic mass is 10.0. The molecular weight excluding hydrogens is 251 g/mol. The van der Waals surface area contributed by atoms with Crippen LogP contribution in [0.25, 0.3) is 0 Å². The summed E-state index contributed by atoms with van der Waals surface area (Å²) in [7, 11) is 0. The van der Waals surface area contributed by atoms with Gasteiger partial charge in [0.15, 0.2) is 0 Å². The average Bonchev–Trinajstić information content (AvgIpc) is 2.26. The van der Waals surface area contributed by atoms with E-state index in [2.05, 4.69) is 4.74 Å². The van der Waals surface area contributed by atoms with Crippen molar-refractivity contribution in [3.05, 3.63) is 28.8 Å². The van der Waals surface area contributed by atoms with Crippen molar-refractivity contribution in [2.24, 2.45) is 0 Å². The molecule has 0 unspecified atom stereocenters. The zero-order chi connectivity index (χ0) is 13.9. The van der Waals surface area contributed by atoms with Gasteiger partial charge in [-0.25, -0.2) is 4.79 Å². The van der Waals surface area contributed by atoms with Crippen LogP contribution in [-0.2, 0) is 10.9 Å². The van der Waals surface area contributed by atoms with Gasteiger partial charge in [-0.05, 0) is 19.1 Å². The third-order valence-corrected chi connectivity index (χ3v) is 2.03. The highest BCUT2D eigenvalue weighted by Crippen LogP contribution is 2.37. The van der Waals surface area contributed by atoms with E-state index in [1.54, 1.807) is 0 Å². The minimum atomic E-state index is -4.87. The van der Waals surface area contributed by atoms with Crippen LogP contribution in [0.2, 0.25) is 0 Å². The Balaban J connectivity index is 3.49. The summed E-state index contributed by atoms with van der Waals surface area (Å²) in [5, 5.41) is 18.0. The van der Waals surface area contributed by atoms with Crippen LogP contribution >= 0.6 is 0 Å². The fourth-order valence-electron chi connectivity index (χ4n) is 1.33. The number of phenols is 1. The van der Waals surface area contributed by atoms with E-state index >= 15 is 0 Å². The van der Waals surface area contributed by atoms with Gasteiger partial charge in [-0.1, -0.05) is 0 Å². The number of aromatic hydroxyl groups is 1. The molecule has 0 fully saturated rings. The van der Waals surface area contributed by atoms with Crippen LogP contribution in [-0.4, -0.2) is 17.7 Å². The maximum atomic E-state index is 12.7. The molecule has 0 aliphatic rings. The Morgan fingerprint density at radius 2 is 2.11 bits per heavy atom. The highest BCUT2D eigenvalue weighted by molar-refractivity contribution is 5.94. The number of phenolic OH excluding ortho intramolecular Hbond substituents is 1. The van der Waals surface area contributed by atoms with E-state index in [1.165, 1.54) is 13.0 Å². The predicted octanol–water partition coefficient (Wildman–Crippen LogP) is 2.46. The van der Waals surface area contributed by atoms with Crippen molar-refractivity contribution in [3.8, 4) is 11.8 Å². The van der Waals surface area contributed by atoms with Gasteiger partial charge in [0, 0.05) is 0 Å². The van der Waals surface area contributed by atoms with Crippen molar-refractivity contribution in [1.82, 2.24) is 0 Å². The predicted molar refractivity (Wildman–Crippen MR) is 53.8 cm³/mol. The van der Waals surface area contributed by atoms with E-state index in [1.807, 2.05) is 0 Å². The van der Waals surface area contributed by atoms with Crippen LogP contribution in [0.1, 0.15) is 28.4 Å². The first-order valence-corrected chi connectivity index (χ1v) is 4.82. The lowest BCUT2D eigenvalue weighted by Gasteiger charge is -2.13. The summed E-state index contributed by atoms with van der Waals surface area (Å²) < 4.78 is 42.6. The zero-order valence-corrected chi connectivity index (χ0v) is 9.21. The Kier molecular flexibility index (Phi) is 3.81. The third-order valence-electron chi connectivity index (χ3n) is 2.03. The first kappa shape index (κ1) is 13.8. The monoisotopic (exact) mass is 259 g/mol. The molecule has 0 radical (unpaired) electrons. The SMILES string of the molecule is CCOC(=O)c1c(O)cc(C#N)cc1C(F)(F)F. The van der Waals surface area contributed by atoms with Gasteiger partial charge in [0.25, 0.3) is 0 Å². The van der Waals surface area contributed by atoms with E-state index in [-0.39, 0.29) is 6.61 Å². The van der Waals surface area contributed by atoms with Crippen molar-refractivity contribution < 1.29 is 27.8 Å². The molecule has 0 saturated heterocycles. The molecule has 0 aromatic heterocycles. The van der Waals surface area contributed by atoms with Crippen LogP contribution in [0.5, 0.6) is 5.75 Å². The molecule has 1 aromatic carbocycles. The number of halogens is 3. The van der Waals surface area contributed by atoms with Gasteiger partial charge < -0.3 is 9.84 Å². The number of alkyl halides is 3. The molecule has 0 aliphatic heterocycles. The number of esters is 1. The number of nitrogens with zero attached hydrogens (tertiary/aromatic N) is 1. The molecule has 1 aromatic rings. The second-order valence-corrected chi connectivity index (χ2v) is 3.25. The van der Waals surface area contributed by atoms with E-state index in [0.29, 0.717) is 6.07 Å². The molecule has 0 saturated carbocycles. The molecule has 7 heteroatoms. The molecule has 4 nitrogen and oxygen atoms in total. The van der Waals surface area contributed by atoms with Crippen molar-refractivity contribution in [2.45, 2.75) is 13.1 Å². The second kappa shape index (κ2) is 4.96. The fourth-order valence-corrected chi connectivity index (χ4v) is 1.33. The van der Waals surface area contributed by atoms with E-state index in [4.69, 9.17) is 5.26 Å². The molecule has 0 amide bonds. The number of benzene rings is 1. The largest absolute Gasteiger partial charge is 0.507 e. The van der Waals surface area contributed by atoms with Gasteiger partial charge in [0.2, 0.25) is 0 Å². The van der Waals surface area contributed by atoms with Crippen molar-refractivity contribution in [2.75, 3.05) is 6.61 Å². The second-order valence-electron chi connectivity index (χ2n) is 3.25. The average molecular weight is 259 g/mol. The Hall–Kier alpha value is -2.23. The summed E-state index contributed by atoms with van der Waals surface area (Å²) in [6.45, 7) is 1.29. The lowest BCUT2D eigenvalue weighted by molar-refractivity contribution is -0.138. The summed E-state index contributed by atoms with van der Waals surface area (Å²) in [6.07, 6.45) is -4.87. The highest BCUT2D eigenvalue weighted by Gasteiger charge is 2.38. The summed E-state index contributed by atoms with van der Waals surface area (Å²) in [4.78, 5) is 11.4. The van der Waals surface area contributed by atoms with E-state index in [0.717, 1.165) is 6.07 Å². The van der Waals surface area contributed by atoms with Crippen LogP contribution in [0.3, 0.4) is 0 Å². The smallest absolute Gasteiger partial charge is 0.417 e. The normalized spacial score (nSPS) is 10.8. The number of hydrogen-bond donors (Lipinski definition) is 1. The molecular formula is C11H8F3NO3. The van der Waals surface area contributed by atoms with E-state index in [9.17, 15) is 23.1 Å². The molecule has 0 bridgehead atoms. The van der Waals surface area contributed by atoms with Crippen LogP contribution < -0.4 is 0 Å². The van der Waals surface area contributed by atoms with E-state index < -0.39 is 34.6 Å². The molecule has 1 N–H and O–H groups in total. The zero-order valence-electron chi connectivity index (χ0n) is 9.21. The summed E-state index contributed by atoms with van der Waals surface area (Å²) in [5.74, 6) is -2.22. The van der Waals surface area contributed by atoms with Crippen LogP contribution in [0, 0.1) is 11.3 Å². The Morgan fingerprint density at radius 3 is 2.56 bits per heavy atom. The number of hydrogen-bond acceptors (Lipinski definition) is 4. The Bertz CT molecular complexity index is 517. The quantitative estimate of drug-likeness (QED) is 0.828. The first-order valence-electron chi connectivity index (χ1n) is 4.82. The number of ether oxygens (including phenoxy) is 1. The molecule has 18 heavy (non-hydrogen) atoms. The molecule has 96 valence electrons. The lowest BCUT2D eigenvalue weighted by Crippen LogP contribution is -2.15. The highest BCUT2D eigenvalue weighted by atomic mass is 19.4. The molecule has 0 atom stereocenters. The van der Waals surface area contributed by atoms with Gasteiger partial charge in [-0.3, -0.25) is 0 Å². The summed E-state index contributed by atoms with van der Waals surface area (Å²) >= 11 is 0. The first-order chi connectivity index (χ1) is 8.31. The Labute approximate surface area is 100 Å².